The highest BCUT2D eigenvalue weighted by atomic mass is 79.9. The van der Waals surface area contributed by atoms with Gasteiger partial charge in [0.05, 0.1) is 23.4 Å². The number of nitrogens with zero attached hydrogens (tertiary/aromatic N) is 2. The summed E-state index contributed by atoms with van der Waals surface area (Å²) in [6.45, 7) is 1.85. The highest BCUT2D eigenvalue weighted by Gasteiger charge is 2.27. The Labute approximate surface area is 206 Å². The van der Waals surface area contributed by atoms with Crippen molar-refractivity contribution in [3.63, 3.8) is 0 Å². The van der Waals surface area contributed by atoms with E-state index in [-0.39, 0.29) is 4.90 Å². The molecule has 0 unspecified atom stereocenters. The van der Waals surface area contributed by atoms with Gasteiger partial charge >= 0.3 is 0 Å². The molecule has 0 fully saturated rings. The quantitative estimate of drug-likeness (QED) is 0.305. The van der Waals surface area contributed by atoms with Crippen LogP contribution in [-0.2, 0) is 14.8 Å². The number of halogens is 2. The molecule has 172 valence electrons. The van der Waals surface area contributed by atoms with Crippen LogP contribution in [-0.4, -0.2) is 33.7 Å². The summed E-state index contributed by atoms with van der Waals surface area (Å²) in [5.74, 6) is -0.0131. The minimum Gasteiger partial charge on any atom is -0.494 e. The molecule has 0 bridgehead atoms. The van der Waals surface area contributed by atoms with Crippen LogP contribution in [0.2, 0.25) is 5.02 Å². The molecule has 0 heterocycles. The van der Waals surface area contributed by atoms with Crippen LogP contribution in [0.25, 0.3) is 0 Å². The average molecular weight is 551 g/mol. The molecule has 7 nitrogen and oxygen atoms in total. The van der Waals surface area contributed by atoms with Gasteiger partial charge in [0.25, 0.3) is 15.9 Å². The van der Waals surface area contributed by atoms with Crippen LogP contribution in [0, 0.1) is 0 Å². The number of hydrogen-bond acceptors (Lipinski definition) is 5. The molecule has 3 aromatic rings. The Bertz CT molecular complexity index is 1230. The summed E-state index contributed by atoms with van der Waals surface area (Å²) in [4.78, 5) is 12.6. The Hall–Kier alpha value is -2.88. The molecular weight excluding hydrogens is 530 g/mol. The zero-order valence-corrected chi connectivity index (χ0v) is 20.8. The highest BCUT2D eigenvalue weighted by molar-refractivity contribution is 9.10. The fourth-order valence-electron chi connectivity index (χ4n) is 2.86. The van der Waals surface area contributed by atoms with Crippen LogP contribution >= 0.6 is 27.5 Å². The fraction of sp³-hybridized carbons (Fsp3) is 0.130. The van der Waals surface area contributed by atoms with E-state index in [9.17, 15) is 13.2 Å². The van der Waals surface area contributed by atoms with E-state index in [0.29, 0.717) is 23.1 Å². The smallest absolute Gasteiger partial charge is 0.264 e. The van der Waals surface area contributed by atoms with Gasteiger partial charge in [-0.05, 0) is 73.2 Å². The van der Waals surface area contributed by atoms with Gasteiger partial charge in [0.1, 0.15) is 12.3 Å². The lowest BCUT2D eigenvalue weighted by Gasteiger charge is -2.24. The van der Waals surface area contributed by atoms with Crippen LogP contribution < -0.4 is 14.5 Å². The first-order chi connectivity index (χ1) is 15.8. The first kappa shape index (κ1) is 24.8. The molecule has 0 radical (unpaired) electrons. The molecule has 3 aromatic carbocycles. The summed E-state index contributed by atoms with van der Waals surface area (Å²) in [5.41, 5.74) is 3.45. The molecule has 1 N–H and O–H groups in total. The zero-order chi connectivity index (χ0) is 23.8. The Balaban J connectivity index is 1.84. The molecule has 0 spiro atoms. The molecule has 0 aliphatic rings. The van der Waals surface area contributed by atoms with Gasteiger partial charge in [0.15, 0.2) is 0 Å². The van der Waals surface area contributed by atoms with E-state index >= 15 is 0 Å². The Morgan fingerprint density at radius 3 is 2.45 bits per heavy atom. The van der Waals surface area contributed by atoms with Crippen molar-refractivity contribution in [2.75, 3.05) is 17.5 Å². The number of ether oxygens (including phenoxy) is 1. The largest absolute Gasteiger partial charge is 0.494 e. The lowest BCUT2D eigenvalue weighted by atomic mass is 10.2. The van der Waals surface area contributed by atoms with Gasteiger partial charge in [-0.1, -0.05) is 39.7 Å². The summed E-state index contributed by atoms with van der Waals surface area (Å²) in [7, 11) is -4.06. The van der Waals surface area contributed by atoms with E-state index in [1.807, 2.05) is 31.2 Å². The van der Waals surface area contributed by atoms with E-state index < -0.39 is 22.5 Å². The third-order valence-electron chi connectivity index (χ3n) is 4.38. The van der Waals surface area contributed by atoms with E-state index in [1.54, 1.807) is 24.3 Å². The second kappa shape index (κ2) is 11.3. The van der Waals surface area contributed by atoms with Gasteiger partial charge in [-0.15, -0.1) is 0 Å². The normalized spacial score (nSPS) is 11.4. The number of anilines is 1. The Morgan fingerprint density at radius 1 is 1.12 bits per heavy atom. The van der Waals surface area contributed by atoms with Crippen LogP contribution in [0.3, 0.4) is 0 Å². The van der Waals surface area contributed by atoms with E-state index in [4.69, 9.17) is 16.3 Å². The number of hydrogen-bond donors (Lipinski definition) is 1. The first-order valence-electron chi connectivity index (χ1n) is 9.88. The van der Waals surface area contributed by atoms with Crippen LogP contribution in [0.1, 0.15) is 12.5 Å². The molecule has 33 heavy (non-hydrogen) atoms. The molecule has 0 aliphatic heterocycles. The minimum atomic E-state index is -4.06. The summed E-state index contributed by atoms with van der Waals surface area (Å²) >= 11 is 9.27. The maximum atomic E-state index is 13.4. The second-order valence-corrected chi connectivity index (χ2v) is 9.96. The molecule has 0 saturated carbocycles. The maximum absolute atomic E-state index is 13.4. The van der Waals surface area contributed by atoms with Crippen molar-refractivity contribution < 1.29 is 17.9 Å². The number of nitrogens with one attached hydrogen (secondary N) is 1. The molecule has 10 heteroatoms. The van der Waals surface area contributed by atoms with Crippen molar-refractivity contribution in [3.8, 4) is 5.75 Å². The molecule has 1 amide bonds. The first-order valence-corrected chi connectivity index (χ1v) is 12.5. The monoisotopic (exact) mass is 549 g/mol. The molecule has 3 rings (SSSR count). The number of carbonyl (C=O) groups is 1. The zero-order valence-electron chi connectivity index (χ0n) is 17.6. The molecular formula is C23H21BrClN3O4S. The molecule has 0 atom stereocenters. The minimum absolute atomic E-state index is 0.00576. The lowest BCUT2D eigenvalue weighted by molar-refractivity contribution is -0.119. The van der Waals surface area contributed by atoms with E-state index in [2.05, 4.69) is 26.5 Å². The second-order valence-electron chi connectivity index (χ2n) is 6.74. The molecule has 0 aromatic heterocycles. The van der Waals surface area contributed by atoms with Gasteiger partial charge in [0.2, 0.25) is 0 Å². The third-order valence-corrected chi connectivity index (χ3v) is 6.91. The van der Waals surface area contributed by atoms with Crippen molar-refractivity contribution in [2.24, 2.45) is 5.10 Å². The summed E-state index contributed by atoms with van der Waals surface area (Å²) in [6, 6.07) is 19.5. The van der Waals surface area contributed by atoms with Crippen molar-refractivity contribution in [1.82, 2.24) is 5.43 Å². The number of rotatable bonds is 9. The van der Waals surface area contributed by atoms with Crippen molar-refractivity contribution in [3.05, 3.63) is 87.9 Å². The summed E-state index contributed by atoms with van der Waals surface area (Å²) in [5, 5.41) is 4.33. The number of carbonyl (C=O) groups excluding carboxylic acids is 1. The average Bonchev–Trinajstić information content (AvgIpc) is 2.79. The highest BCUT2D eigenvalue weighted by Crippen LogP contribution is 2.26. The predicted molar refractivity (Wildman–Crippen MR) is 133 cm³/mol. The van der Waals surface area contributed by atoms with Gasteiger partial charge in [-0.25, -0.2) is 13.8 Å². The Kier molecular flexibility index (Phi) is 8.49. The maximum Gasteiger partial charge on any atom is 0.264 e. The summed E-state index contributed by atoms with van der Waals surface area (Å²) < 4.78 is 34.0. The number of hydrazone groups is 1. The Morgan fingerprint density at radius 2 is 1.82 bits per heavy atom. The van der Waals surface area contributed by atoms with E-state index in [1.165, 1.54) is 30.5 Å². The van der Waals surface area contributed by atoms with Gasteiger partial charge < -0.3 is 4.74 Å². The standard InChI is InChI=1S/C23H21BrClN3O4S/c1-2-32-21-10-8-20(9-11-21)28(33(30,31)22-12-6-19(25)7-13-22)16-23(29)27-26-15-17-4-3-5-18(24)14-17/h3-15H,2,16H2,1H3,(H,27,29). The molecule has 0 aliphatic carbocycles. The third kappa shape index (κ3) is 6.80. The van der Waals surface area contributed by atoms with Crippen LogP contribution in [0.4, 0.5) is 5.69 Å². The fourth-order valence-corrected chi connectivity index (χ4v) is 4.82. The van der Waals surface area contributed by atoms with Crippen molar-refractivity contribution in [1.29, 1.82) is 0 Å². The predicted octanol–water partition coefficient (Wildman–Crippen LogP) is 4.85. The van der Waals surface area contributed by atoms with Crippen LogP contribution in [0.5, 0.6) is 5.75 Å². The summed E-state index contributed by atoms with van der Waals surface area (Å²) in [6.07, 6.45) is 1.47. The molecule has 0 saturated heterocycles. The van der Waals surface area contributed by atoms with Crippen LogP contribution in [0.15, 0.2) is 87.3 Å². The van der Waals surface area contributed by atoms with Crippen molar-refractivity contribution >= 4 is 55.4 Å². The SMILES string of the molecule is CCOc1ccc(N(CC(=O)NN=Cc2cccc(Br)c2)S(=O)(=O)c2ccc(Cl)cc2)cc1. The number of amides is 1. The lowest BCUT2D eigenvalue weighted by Crippen LogP contribution is -2.39. The van der Waals surface area contributed by atoms with Gasteiger partial charge in [0, 0.05) is 9.50 Å². The topological polar surface area (TPSA) is 88.1 Å². The van der Waals surface area contributed by atoms with Gasteiger partial charge in [-0.2, -0.15) is 5.10 Å². The van der Waals surface area contributed by atoms with Crippen molar-refractivity contribution in [2.45, 2.75) is 11.8 Å². The number of benzene rings is 3. The van der Waals surface area contributed by atoms with E-state index in [0.717, 1.165) is 14.3 Å². The number of sulfonamides is 1. The van der Waals surface area contributed by atoms with Gasteiger partial charge in [-0.3, -0.25) is 9.10 Å².